The van der Waals surface area contributed by atoms with Crippen LogP contribution in [0.1, 0.15) is 55.3 Å². The molecule has 0 radical (unpaired) electrons. The number of aryl methyl sites for hydroxylation is 2. The second kappa shape index (κ2) is 7.70. The first-order valence-corrected chi connectivity index (χ1v) is 10.0. The van der Waals surface area contributed by atoms with Crippen LogP contribution in [0.25, 0.3) is 0 Å². The van der Waals surface area contributed by atoms with Gasteiger partial charge in [0, 0.05) is 30.5 Å². The van der Waals surface area contributed by atoms with Crippen LogP contribution in [0, 0.1) is 5.92 Å². The molecule has 6 nitrogen and oxygen atoms in total. The predicted molar refractivity (Wildman–Crippen MR) is 107 cm³/mol. The van der Waals surface area contributed by atoms with Gasteiger partial charge < -0.3 is 10.2 Å². The van der Waals surface area contributed by atoms with Gasteiger partial charge in [-0.3, -0.25) is 9.59 Å². The summed E-state index contributed by atoms with van der Waals surface area (Å²) in [6.07, 6.45) is 5.26. The highest BCUT2D eigenvalue weighted by Crippen LogP contribution is 2.27. The van der Waals surface area contributed by atoms with E-state index in [0.717, 1.165) is 30.6 Å². The number of carbonyl (C=O) groups excluding carboxylic acids is 2. The number of rotatable bonds is 5. The molecule has 0 saturated carbocycles. The van der Waals surface area contributed by atoms with Crippen LogP contribution in [-0.4, -0.2) is 28.3 Å². The highest BCUT2D eigenvalue weighted by molar-refractivity contribution is 6.00. The average Bonchev–Trinajstić information content (AvgIpc) is 3.32. The third kappa shape index (κ3) is 3.77. The number of amides is 2. The highest BCUT2D eigenvalue weighted by atomic mass is 16.2. The van der Waals surface area contributed by atoms with Gasteiger partial charge in [0.25, 0.3) is 0 Å². The lowest BCUT2D eigenvalue weighted by Gasteiger charge is -2.17. The molecule has 2 aromatic rings. The Morgan fingerprint density at radius 3 is 2.79 bits per heavy atom. The second-order valence-electron chi connectivity index (χ2n) is 7.98. The van der Waals surface area contributed by atoms with E-state index >= 15 is 0 Å². The smallest absolute Gasteiger partial charge is 0.227 e. The van der Waals surface area contributed by atoms with Crippen LogP contribution in [0.5, 0.6) is 0 Å². The van der Waals surface area contributed by atoms with E-state index in [1.54, 1.807) is 4.90 Å². The van der Waals surface area contributed by atoms with Gasteiger partial charge in [0.15, 0.2) is 0 Å². The molecule has 1 aromatic carbocycles. The minimum atomic E-state index is -0.341. The quantitative estimate of drug-likeness (QED) is 0.868. The minimum absolute atomic E-state index is 0.00812. The Labute approximate surface area is 165 Å². The Kier molecular flexibility index (Phi) is 5.11. The summed E-state index contributed by atoms with van der Waals surface area (Å²) in [4.78, 5) is 35.6. The zero-order chi connectivity index (χ0) is 19.7. The number of benzene rings is 1. The van der Waals surface area contributed by atoms with Crippen molar-refractivity contribution in [1.29, 1.82) is 0 Å². The third-order valence-corrected chi connectivity index (χ3v) is 5.65. The summed E-state index contributed by atoms with van der Waals surface area (Å²) in [6, 6.07) is 8.02. The Morgan fingerprint density at radius 1 is 1.25 bits per heavy atom. The monoisotopic (exact) mass is 378 g/mol. The zero-order valence-electron chi connectivity index (χ0n) is 16.4. The fourth-order valence-corrected chi connectivity index (χ4v) is 3.92. The molecule has 2 heterocycles. The van der Waals surface area contributed by atoms with Gasteiger partial charge in [-0.25, -0.2) is 9.97 Å². The molecule has 0 unspecified atom stereocenters. The number of fused-ring (bicyclic) bond motifs is 1. The number of anilines is 1. The summed E-state index contributed by atoms with van der Waals surface area (Å²) in [5.74, 6) is 0.624. The van der Waals surface area contributed by atoms with Gasteiger partial charge in [-0.1, -0.05) is 26.0 Å². The number of carbonyl (C=O) groups is 2. The Morgan fingerprint density at radius 2 is 2.04 bits per heavy atom. The molecule has 1 fully saturated rings. The minimum Gasteiger partial charge on any atom is -0.348 e. The summed E-state index contributed by atoms with van der Waals surface area (Å²) < 4.78 is 0. The molecule has 1 aliphatic carbocycles. The maximum absolute atomic E-state index is 12.6. The molecular formula is C22H26N4O2. The SMILES string of the molecule is CC(C)c1ccc(N2C[C@H](C(=O)NCc3ncc4c(n3)CCC4)CC2=O)cc1. The Bertz CT molecular complexity index is 892. The lowest BCUT2D eigenvalue weighted by Crippen LogP contribution is -2.33. The number of hydrogen-bond acceptors (Lipinski definition) is 4. The van der Waals surface area contributed by atoms with Crippen molar-refractivity contribution >= 4 is 17.5 Å². The van der Waals surface area contributed by atoms with Crippen molar-refractivity contribution < 1.29 is 9.59 Å². The van der Waals surface area contributed by atoms with Crippen LogP contribution in [0.2, 0.25) is 0 Å². The molecule has 2 amide bonds. The lowest BCUT2D eigenvalue weighted by atomic mass is 10.0. The van der Waals surface area contributed by atoms with Crippen molar-refractivity contribution in [3.63, 3.8) is 0 Å². The van der Waals surface area contributed by atoms with Crippen LogP contribution < -0.4 is 10.2 Å². The molecule has 1 saturated heterocycles. The summed E-state index contributed by atoms with van der Waals surface area (Å²) in [5, 5.41) is 2.91. The van der Waals surface area contributed by atoms with Gasteiger partial charge in [-0.15, -0.1) is 0 Å². The van der Waals surface area contributed by atoms with Crippen LogP contribution >= 0.6 is 0 Å². The van der Waals surface area contributed by atoms with Crippen LogP contribution in [0.3, 0.4) is 0 Å². The summed E-state index contributed by atoms with van der Waals surface area (Å²) in [5.41, 5.74) is 4.41. The first-order valence-electron chi connectivity index (χ1n) is 10.0. The molecule has 1 aliphatic heterocycles. The number of nitrogens with zero attached hydrogens (tertiary/aromatic N) is 3. The number of nitrogens with one attached hydrogen (secondary N) is 1. The lowest BCUT2D eigenvalue weighted by molar-refractivity contribution is -0.126. The van der Waals surface area contributed by atoms with Gasteiger partial charge in [0.2, 0.25) is 11.8 Å². The molecule has 0 bridgehead atoms. The van der Waals surface area contributed by atoms with E-state index in [1.807, 2.05) is 30.5 Å². The summed E-state index contributed by atoms with van der Waals surface area (Å²) >= 11 is 0. The zero-order valence-corrected chi connectivity index (χ0v) is 16.4. The molecule has 28 heavy (non-hydrogen) atoms. The number of aromatic nitrogens is 2. The van der Waals surface area contributed by atoms with E-state index in [9.17, 15) is 9.59 Å². The van der Waals surface area contributed by atoms with Gasteiger partial charge >= 0.3 is 0 Å². The van der Waals surface area contributed by atoms with E-state index in [4.69, 9.17) is 0 Å². The standard InChI is InChI=1S/C22H26N4O2/c1-14(2)15-6-8-18(9-7-15)26-13-17(10-21(26)27)22(28)24-12-20-23-11-16-4-3-5-19(16)25-20/h6-9,11,14,17H,3-5,10,12-13H2,1-2H3,(H,24,28)/t17-/m1/s1. The van der Waals surface area contributed by atoms with Crippen molar-refractivity contribution in [1.82, 2.24) is 15.3 Å². The van der Waals surface area contributed by atoms with Crippen molar-refractivity contribution in [3.8, 4) is 0 Å². The fraction of sp³-hybridized carbons (Fsp3) is 0.455. The van der Waals surface area contributed by atoms with Gasteiger partial charge in [0.1, 0.15) is 5.82 Å². The molecule has 1 N–H and O–H groups in total. The average molecular weight is 378 g/mol. The van der Waals surface area contributed by atoms with Crippen molar-refractivity contribution in [2.45, 2.75) is 52.0 Å². The van der Waals surface area contributed by atoms with E-state index < -0.39 is 0 Å². The number of hydrogen-bond donors (Lipinski definition) is 1. The topological polar surface area (TPSA) is 75.2 Å². The van der Waals surface area contributed by atoms with E-state index in [-0.39, 0.29) is 24.2 Å². The first-order chi connectivity index (χ1) is 13.5. The van der Waals surface area contributed by atoms with E-state index in [0.29, 0.717) is 24.8 Å². The van der Waals surface area contributed by atoms with Crippen LogP contribution in [0.15, 0.2) is 30.5 Å². The molecule has 6 heteroatoms. The summed E-state index contributed by atoms with van der Waals surface area (Å²) in [7, 11) is 0. The van der Waals surface area contributed by atoms with E-state index in [1.165, 1.54) is 11.1 Å². The first kappa shape index (κ1) is 18.6. The van der Waals surface area contributed by atoms with Crippen molar-refractivity contribution in [2.75, 3.05) is 11.4 Å². The maximum Gasteiger partial charge on any atom is 0.227 e. The van der Waals surface area contributed by atoms with Gasteiger partial charge in [-0.05, 0) is 48.4 Å². The molecule has 1 aromatic heterocycles. The molecule has 1 atom stereocenters. The largest absolute Gasteiger partial charge is 0.348 e. The van der Waals surface area contributed by atoms with Gasteiger partial charge in [-0.2, -0.15) is 0 Å². The van der Waals surface area contributed by atoms with E-state index in [2.05, 4.69) is 29.1 Å². The molecular weight excluding hydrogens is 352 g/mol. The van der Waals surface area contributed by atoms with Crippen LogP contribution in [0.4, 0.5) is 5.69 Å². The maximum atomic E-state index is 12.6. The predicted octanol–water partition coefficient (Wildman–Crippen LogP) is 2.76. The molecule has 146 valence electrons. The Balaban J connectivity index is 1.36. The van der Waals surface area contributed by atoms with Crippen LogP contribution in [-0.2, 0) is 29.0 Å². The normalized spacial score (nSPS) is 18.6. The third-order valence-electron chi connectivity index (χ3n) is 5.65. The molecule has 0 spiro atoms. The Hall–Kier alpha value is -2.76. The second-order valence-corrected chi connectivity index (χ2v) is 7.98. The molecule has 4 rings (SSSR count). The van der Waals surface area contributed by atoms with Crippen molar-refractivity contribution in [2.24, 2.45) is 5.92 Å². The summed E-state index contributed by atoms with van der Waals surface area (Å²) in [6.45, 7) is 5.00. The van der Waals surface area contributed by atoms with Gasteiger partial charge in [0.05, 0.1) is 12.5 Å². The fourth-order valence-electron chi connectivity index (χ4n) is 3.92. The highest BCUT2D eigenvalue weighted by Gasteiger charge is 2.35. The van der Waals surface area contributed by atoms with Crippen molar-refractivity contribution in [3.05, 3.63) is 53.1 Å². The molecule has 2 aliphatic rings.